The summed E-state index contributed by atoms with van der Waals surface area (Å²) in [6.07, 6.45) is 10.1. The van der Waals surface area contributed by atoms with Crippen LogP contribution in [0.3, 0.4) is 0 Å². The molecule has 8 atom stereocenters. The number of hydrogen-bond acceptors (Lipinski definition) is 7. The number of amides is 3. The number of carbonyl (C=O) groups excluding carboxylic acids is 4. The van der Waals surface area contributed by atoms with E-state index in [0.717, 1.165) is 32.1 Å². The van der Waals surface area contributed by atoms with Crippen LogP contribution in [0.4, 0.5) is 0 Å². The third-order valence-corrected chi connectivity index (χ3v) is 11.4. The third-order valence-electron chi connectivity index (χ3n) is 10.7. The van der Waals surface area contributed by atoms with Gasteiger partial charge < -0.3 is 29.7 Å². The smallest absolute Gasteiger partial charge is 0.313 e. The maximum Gasteiger partial charge on any atom is 0.313 e. The average Bonchev–Trinajstić information content (AvgIpc) is 3.67. The Morgan fingerprint density at radius 2 is 1.75 bits per heavy atom. The van der Waals surface area contributed by atoms with Gasteiger partial charge in [-0.25, -0.2) is 0 Å². The van der Waals surface area contributed by atoms with Crippen molar-refractivity contribution in [2.75, 3.05) is 13.2 Å². The number of benzene rings is 1. The highest BCUT2D eigenvalue weighted by molar-refractivity contribution is 9.11. The van der Waals surface area contributed by atoms with Gasteiger partial charge in [0.05, 0.1) is 24.6 Å². The zero-order chi connectivity index (χ0) is 34.2. The largest absolute Gasteiger partial charge is 0.455 e. The topological polar surface area (TPSA) is 125 Å². The van der Waals surface area contributed by atoms with Gasteiger partial charge in [0, 0.05) is 23.5 Å². The summed E-state index contributed by atoms with van der Waals surface area (Å²) in [5, 5.41) is 13.7. The second kappa shape index (κ2) is 14.5. The minimum absolute atomic E-state index is 0.0226. The molecule has 5 bridgehead atoms. The molecular formula is C37H48BrN3O7. The zero-order valence-corrected chi connectivity index (χ0v) is 29.6. The standard InChI is InChI=1S/C37H48BrN3O7/c1-22(2)19-26(21-42)41-33-35(45)40(25-15-9-5-10-16-25)18-12-6-11-17-28(43)39-23(3)31(24-13-7-4-8-14-24)47-36(46)29-30(34(41)44)37(33)20-27(38)32(29)48-37/h4,6-8,12-14,20,22-23,25-26,29-33,42H,5,9-11,15-19,21H2,1-3H3,(H,39,43)/b12-6-/t23-,26+,29+,30-,31+,32+,33+,37-/m0/s1. The molecule has 2 N–H and O–H groups in total. The number of allylic oxidation sites excluding steroid dienone is 1. The third kappa shape index (κ3) is 6.38. The Bertz CT molecular complexity index is 1440. The first-order chi connectivity index (χ1) is 23.1. The van der Waals surface area contributed by atoms with Crippen LogP contribution < -0.4 is 5.32 Å². The molecule has 6 rings (SSSR count). The fraction of sp³-hybridized carbons (Fsp3) is 0.622. The molecule has 4 aliphatic heterocycles. The van der Waals surface area contributed by atoms with E-state index in [1.54, 1.807) is 11.8 Å². The van der Waals surface area contributed by atoms with Gasteiger partial charge in [0.15, 0.2) is 0 Å². The van der Waals surface area contributed by atoms with Crippen LogP contribution in [-0.2, 0) is 28.7 Å². The summed E-state index contributed by atoms with van der Waals surface area (Å²) < 4.78 is 13.6. The Hall–Kier alpha value is -3.02. The second-order valence-electron chi connectivity index (χ2n) is 14.5. The van der Waals surface area contributed by atoms with Crippen molar-refractivity contribution in [3.8, 4) is 0 Å². The van der Waals surface area contributed by atoms with Gasteiger partial charge in [-0.1, -0.05) is 91.5 Å². The SMILES string of the molecule is CC(C)C[C@H](CO)N1C(=O)[C@@H]2[C@H]3C(=O)O[C@@H](c4ccccc4)[C@H](C)NC(=O)CC/C=C\CN(C4CCCCC4)C(=O)[C@@H]1[C@]21C=C(Br)[C@H]3O1. The number of hydrogen-bond donors (Lipinski definition) is 2. The zero-order valence-electron chi connectivity index (χ0n) is 28.1. The van der Waals surface area contributed by atoms with Crippen LogP contribution in [0.2, 0.25) is 0 Å². The lowest BCUT2D eigenvalue weighted by Gasteiger charge is -2.42. The number of likely N-dealkylation sites (tertiary alicyclic amines) is 1. The maximum absolute atomic E-state index is 15.1. The molecular weight excluding hydrogens is 678 g/mol. The van der Waals surface area contributed by atoms with Crippen LogP contribution in [-0.4, -0.2) is 87.6 Å². The molecule has 3 amide bonds. The highest BCUT2D eigenvalue weighted by Gasteiger charge is 2.75. The number of nitrogens with one attached hydrogen (secondary N) is 1. The summed E-state index contributed by atoms with van der Waals surface area (Å²) in [6.45, 7) is 5.84. The molecule has 2 saturated heterocycles. The van der Waals surface area contributed by atoms with E-state index < -0.39 is 53.7 Å². The minimum Gasteiger partial charge on any atom is -0.455 e. The van der Waals surface area contributed by atoms with Gasteiger partial charge in [-0.2, -0.15) is 0 Å². The molecule has 48 heavy (non-hydrogen) atoms. The predicted octanol–water partition coefficient (Wildman–Crippen LogP) is 4.57. The Labute approximate surface area is 291 Å². The van der Waals surface area contributed by atoms with Crippen molar-refractivity contribution in [3.63, 3.8) is 0 Å². The van der Waals surface area contributed by atoms with E-state index in [-0.39, 0.29) is 42.7 Å². The average molecular weight is 727 g/mol. The number of nitrogens with zero attached hydrogens (tertiary/aromatic N) is 2. The highest BCUT2D eigenvalue weighted by Crippen LogP contribution is 2.59. The molecule has 1 saturated carbocycles. The maximum atomic E-state index is 15.1. The van der Waals surface area contributed by atoms with E-state index in [2.05, 4.69) is 21.2 Å². The van der Waals surface area contributed by atoms with Crippen molar-refractivity contribution in [2.24, 2.45) is 17.8 Å². The van der Waals surface area contributed by atoms with Gasteiger partial charge in [0.2, 0.25) is 17.7 Å². The summed E-state index contributed by atoms with van der Waals surface area (Å²) in [7, 11) is 0. The van der Waals surface area contributed by atoms with Crippen molar-refractivity contribution >= 4 is 39.6 Å². The monoisotopic (exact) mass is 725 g/mol. The molecule has 0 aromatic heterocycles. The first-order valence-electron chi connectivity index (χ1n) is 17.6. The minimum atomic E-state index is -1.42. The molecule has 10 nitrogen and oxygen atoms in total. The van der Waals surface area contributed by atoms with Crippen LogP contribution in [0.5, 0.6) is 0 Å². The number of rotatable bonds is 6. The van der Waals surface area contributed by atoms with Gasteiger partial charge in [-0.3, -0.25) is 19.2 Å². The molecule has 3 fully saturated rings. The van der Waals surface area contributed by atoms with Crippen molar-refractivity contribution in [2.45, 2.75) is 114 Å². The van der Waals surface area contributed by atoms with Crippen LogP contribution in [0.1, 0.15) is 83.8 Å². The van der Waals surface area contributed by atoms with Gasteiger partial charge in [0.25, 0.3) is 0 Å². The lowest BCUT2D eigenvalue weighted by atomic mass is 9.74. The number of halogens is 1. The van der Waals surface area contributed by atoms with Crippen LogP contribution >= 0.6 is 15.9 Å². The number of esters is 1. The molecule has 1 aromatic carbocycles. The van der Waals surface area contributed by atoms with Gasteiger partial charge in [-0.15, -0.1) is 0 Å². The normalized spacial score (nSPS) is 34.6. The van der Waals surface area contributed by atoms with Gasteiger partial charge in [-0.05, 0) is 50.2 Å². The number of fused-ring (bicyclic) bond motifs is 2. The fourth-order valence-electron chi connectivity index (χ4n) is 8.62. The van der Waals surface area contributed by atoms with Crippen molar-refractivity contribution < 1.29 is 33.8 Å². The van der Waals surface area contributed by atoms with E-state index in [4.69, 9.17) is 9.47 Å². The van der Waals surface area contributed by atoms with Crippen molar-refractivity contribution in [3.05, 3.63) is 58.6 Å². The quantitative estimate of drug-likeness (QED) is 0.325. The number of cyclic esters (lactones) is 1. The van der Waals surface area contributed by atoms with E-state index in [9.17, 15) is 19.5 Å². The Balaban J connectivity index is 1.47. The molecule has 4 heterocycles. The van der Waals surface area contributed by atoms with Gasteiger partial charge >= 0.3 is 5.97 Å². The fourth-order valence-corrected chi connectivity index (χ4v) is 9.35. The molecule has 5 aliphatic rings. The summed E-state index contributed by atoms with van der Waals surface area (Å²) in [6, 6.07) is 6.94. The lowest BCUT2D eigenvalue weighted by Crippen LogP contribution is -2.60. The van der Waals surface area contributed by atoms with Crippen LogP contribution in [0, 0.1) is 17.8 Å². The summed E-state index contributed by atoms with van der Waals surface area (Å²) >= 11 is 3.64. The lowest BCUT2D eigenvalue weighted by molar-refractivity contribution is -0.162. The summed E-state index contributed by atoms with van der Waals surface area (Å²) in [5.74, 6) is -3.36. The molecule has 260 valence electrons. The molecule has 0 radical (unpaired) electrons. The van der Waals surface area contributed by atoms with E-state index in [0.29, 0.717) is 29.4 Å². The van der Waals surface area contributed by atoms with Gasteiger partial charge in [0.1, 0.15) is 29.8 Å². The number of aliphatic hydroxyl groups excluding tert-OH is 1. The molecule has 1 aliphatic carbocycles. The van der Waals surface area contributed by atoms with Crippen molar-refractivity contribution in [1.82, 2.24) is 15.1 Å². The predicted molar refractivity (Wildman–Crippen MR) is 182 cm³/mol. The number of carbonyl (C=O) groups is 4. The molecule has 1 spiro atoms. The number of ether oxygens (including phenoxy) is 2. The molecule has 11 heteroatoms. The highest BCUT2D eigenvalue weighted by atomic mass is 79.9. The molecule has 1 aromatic rings. The first kappa shape index (κ1) is 34.8. The van der Waals surface area contributed by atoms with Crippen LogP contribution in [0.15, 0.2) is 53.0 Å². The second-order valence-corrected chi connectivity index (χ2v) is 15.4. The summed E-state index contributed by atoms with van der Waals surface area (Å²) in [4.78, 5) is 60.8. The first-order valence-corrected chi connectivity index (χ1v) is 18.4. The number of aliphatic hydroxyl groups is 1. The van der Waals surface area contributed by atoms with E-state index in [1.807, 2.05) is 67.3 Å². The Morgan fingerprint density at radius 1 is 1.02 bits per heavy atom. The van der Waals surface area contributed by atoms with E-state index >= 15 is 4.79 Å². The summed E-state index contributed by atoms with van der Waals surface area (Å²) in [5.41, 5.74) is -0.712. The van der Waals surface area contributed by atoms with E-state index in [1.165, 1.54) is 0 Å². The molecule has 0 unspecified atom stereocenters. The van der Waals surface area contributed by atoms with Crippen molar-refractivity contribution in [1.29, 1.82) is 0 Å². The Kier molecular flexibility index (Phi) is 10.5. The van der Waals surface area contributed by atoms with Crippen LogP contribution in [0.25, 0.3) is 0 Å². The Morgan fingerprint density at radius 3 is 2.44 bits per heavy atom.